The minimum Gasteiger partial charge on any atom is -0.336 e. The quantitative estimate of drug-likeness (QED) is 0.154. The van der Waals surface area contributed by atoms with Crippen LogP contribution in [0.15, 0.2) is 146 Å². The molecule has 6 aromatic carbocycles. The molecule has 2 saturated heterocycles. The molecule has 0 radical (unpaired) electrons. The third-order valence-electron chi connectivity index (χ3n) is 10.4. The van der Waals surface area contributed by atoms with Crippen molar-refractivity contribution in [2.24, 2.45) is 0 Å². The van der Waals surface area contributed by atoms with E-state index in [0.717, 1.165) is 47.4 Å². The van der Waals surface area contributed by atoms with Crippen LogP contribution in [0.2, 0.25) is 20.1 Å². The van der Waals surface area contributed by atoms with Gasteiger partial charge in [0.1, 0.15) is 11.6 Å². The Labute approximate surface area is 380 Å². The van der Waals surface area contributed by atoms with Gasteiger partial charge in [-0.25, -0.2) is 8.78 Å². The van der Waals surface area contributed by atoms with Gasteiger partial charge in [0.2, 0.25) is 0 Å². The molecule has 1 amide bonds. The van der Waals surface area contributed by atoms with Crippen LogP contribution in [0.1, 0.15) is 55.1 Å². The lowest BCUT2D eigenvalue weighted by Crippen LogP contribution is -2.50. The predicted molar refractivity (Wildman–Crippen MR) is 244 cm³/mol. The summed E-state index contributed by atoms with van der Waals surface area (Å²) in [6.45, 7) is 6.54. The molecule has 0 bridgehead atoms. The Morgan fingerprint density at radius 3 is 1.11 bits per heavy atom. The van der Waals surface area contributed by atoms with Gasteiger partial charge in [0.05, 0.1) is 23.2 Å². The van der Waals surface area contributed by atoms with Crippen LogP contribution >= 0.6 is 58.0 Å². The van der Waals surface area contributed by atoms with Crippen LogP contribution in [-0.2, 0) is 0 Å². The number of piperazine rings is 2. The molecule has 0 unspecified atom stereocenters. The van der Waals surface area contributed by atoms with Gasteiger partial charge in [-0.15, -0.1) is 0 Å². The van der Waals surface area contributed by atoms with E-state index in [1.807, 2.05) is 72.8 Å². The molecule has 0 spiro atoms. The third-order valence-corrected chi connectivity index (χ3v) is 11.6. The minimum absolute atomic E-state index is 0.0187. The highest BCUT2D eigenvalue weighted by Crippen LogP contribution is 2.33. The Bertz CT molecular complexity index is 2250. The molecule has 2 fully saturated rings. The first-order valence-electron chi connectivity index (χ1n) is 19.7. The van der Waals surface area contributed by atoms with E-state index >= 15 is 0 Å². The topological polar surface area (TPSA) is 55.9 Å². The van der Waals surface area contributed by atoms with Gasteiger partial charge in [0.25, 0.3) is 11.1 Å². The first-order valence-corrected chi connectivity index (χ1v) is 21.6. The lowest BCUT2D eigenvalue weighted by molar-refractivity contribution is 0.0593. The smallest absolute Gasteiger partial charge is 0.256 e. The Morgan fingerprint density at radius 1 is 0.459 bits per heavy atom. The number of carbonyl (C=O) groups is 2. The van der Waals surface area contributed by atoms with Gasteiger partial charge in [0, 0.05) is 72.4 Å². The van der Waals surface area contributed by atoms with Crippen molar-refractivity contribution in [1.82, 2.24) is 20.0 Å². The predicted octanol–water partition coefficient (Wildman–Crippen LogP) is 11.9. The molecule has 8 rings (SSSR count). The summed E-state index contributed by atoms with van der Waals surface area (Å²) >= 11 is 29.3. The highest BCUT2D eigenvalue weighted by molar-refractivity contribution is 6.67. The van der Waals surface area contributed by atoms with Gasteiger partial charge in [-0.1, -0.05) is 119 Å². The second-order valence-corrected chi connectivity index (χ2v) is 16.4. The average Bonchev–Trinajstić information content (AvgIpc) is 3.28. The third kappa shape index (κ3) is 12.8. The number of nitrogens with zero attached hydrogens (tertiary/aromatic N) is 3. The summed E-state index contributed by atoms with van der Waals surface area (Å²) in [7, 11) is 0. The zero-order chi connectivity index (χ0) is 43.3. The fraction of sp³-hybridized carbons (Fsp3) is 0.208. The second-order valence-electron chi connectivity index (χ2n) is 14.4. The Hall–Kier alpha value is -4.35. The second kappa shape index (κ2) is 22.7. The fourth-order valence-corrected chi connectivity index (χ4v) is 8.01. The largest absolute Gasteiger partial charge is 0.336 e. The summed E-state index contributed by atoms with van der Waals surface area (Å²) in [6, 6.07) is 43.9. The van der Waals surface area contributed by atoms with Crippen molar-refractivity contribution in [3.05, 3.63) is 211 Å². The van der Waals surface area contributed by atoms with Crippen LogP contribution < -0.4 is 5.32 Å². The van der Waals surface area contributed by atoms with Crippen molar-refractivity contribution in [3.8, 4) is 0 Å². The van der Waals surface area contributed by atoms with E-state index < -0.39 is 16.9 Å². The summed E-state index contributed by atoms with van der Waals surface area (Å²) in [4.78, 5) is 29.7. The highest BCUT2D eigenvalue weighted by atomic mass is 35.5. The van der Waals surface area contributed by atoms with Crippen LogP contribution in [0.5, 0.6) is 0 Å². The normalized spacial score (nSPS) is 14.5. The van der Waals surface area contributed by atoms with Gasteiger partial charge in [-0.2, -0.15) is 0 Å². The minimum atomic E-state index is -0.766. The molecule has 61 heavy (non-hydrogen) atoms. The summed E-state index contributed by atoms with van der Waals surface area (Å²) in [5, 5.41) is 5.56. The molecule has 1 N–H and O–H groups in total. The van der Waals surface area contributed by atoms with E-state index in [-0.39, 0.29) is 29.1 Å². The zero-order valence-corrected chi connectivity index (χ0v) is 36.8. The van der Waals surface area contributed by atoms with E-state index in [4.69, 9.17) is 58.0 Å². The molecule has 13 heteroatoms. The molecular formula is C48H43Cl5F2N4O2. The molecule has 0 atom stereocenters. The Morgan fingerprint density at radius 2 is 0.787 bits per heavy atom. The van der Waals surface area contributed by atoms with Crippen LogP contribution in [0.3, 0.4) is 0 Å². The number of rotatable bonds is 8. The van der Waals surface area contributed by atoms with Crippen LogP contribution in [0.25, 0.3) is 0 Å². The molecule has 316 valence electrons. The monoisotopic (exact) mass is 920 g/mol. The van der Waals surface area contributed by atoms with E-state index in [2.05, 4.69) is 39.4 Å². The maximum Gasteiger partial charge on any atom is 0.256 e. The van der Waals surface area contributed by atoms with Gasteiger partial charge >= 0.3 is 0 Å². The van der Waals surface area contributed by atoms with Crippen molar-refractivity contribution in [3.63, 3.8) is 0 Å². The van der Waals surface area contributed by atoms with Crippen LogP contribution in [0.4, 0.5) is 8.78 Å². The fourth-order valence-electron chi connectivity index (χ4n) is 7.36. The molecule has 0 saturated carbocycles. The van der Waals surface area contributed by atoms with Crippen molar-refractivity contribution in [1.29, 1.82) is 0 Å². The Balaban J connectivity index is 0.000000173. The van der Waals surface area contributed by atoms with Gasteiger partial charge in [-0.3, -0.25) is 19.4 Å². The lowest BCUT2D eigenvalue weighted by Gasteiger charge is -2.40. The molecule has 2 heterocycles. The van der Waals surface area contributed by atoms with Crippen LogP contribution in [0, 0.1) is 11.6 Å². The van der Waals surface area contributed by atoms with Crippen molar-refractivity contribution >= 4 is 69.2 Å². The van der Waals surface area contributed by atoms with Crippen molar-refractivity contribution in [2.75, 3.05) is 52.4 Å². The standard InChI is InChI=1S/C24H21Cl2FN2O.C17H18Cl2N2.C7H4ClFO/c25-19-9-5-17(6-10-19)23(18-7-11-20(26)12-8-18)28-13-15-29(16-14-28)24(30)21-3-1-2-4-22(21)27;18-15-5-1-13(2-6-15)17(21-11-9-20-10-12-21)14-3-7-16(19)8-4-14;8-7(10)5-3-1-2-4-6(5)9/h1-12,23H,13-16H2;1-8,17,20H,9-12H2;1-4H. The molecule has 6 aromatic rings. The molecular weight excluding hydrogens is 880 g/mol. The summed E-state index contributed by atoms with van der Waals surface area (Å²) < 4.78 is 26.6. The molecule has 0 aromatic heterocycles. The van der Waals surface area contributed by atoms with Gasteiger partial charge in [-0.05, 0) is 107 Å². The summed E-state index contributed by atoms with van der Waals surface area (Å²) in [5.41, 5.74) is 4.82. The number of halogens is 7. The Kier molecular flexibility index (Phi) is 17.1. The van der Waals surface area contributed by atoms with E-state index in [1.165, 1.54) is 41.5 Å². The van der Waals surface area contributed by atoms with Gasteiger partial charge < -0.3 is 10.2 Å². The number of benzene rings is 6. The summed E-state index contributed by atoms with van der Waals surface area (Å²) in [6.07, 6.45) is 0. The molecule has 6 nitrogen and oxygen atoms in total. The van der Waals surface area contributed by atoms with Crippen LogP contribution in [-0.4, -0.2) is 78.2 Å². The van der Waals surface area contributed by atoms with E-state index in [1.54, 1.807) is 23.1 Å². The SMILES string of the molecule is Clc1ccc(C(c2ccc(Cl)cc2)N2CCNCC2)cc1.O=C(Cl)c1ccccc1F.O=C(c1ccccc1F)N1CCN(C(c2ccc(Cl)cc2)c2ccc(Cl)cc2)CC1. The molecule has 0 aliphatic carbocycles. The maximum absolute atomic E-state index is 14.0. The maximum atomic E-state index is 14.0. The first kappa shape index (κ1) is 46.2. The summed E-state index contributed by atoms with van der Waals surface area (Å²) in [5.74, 6) is -1.32. The van der Waals surface area contributed by atoms with Crippen molar-refractivity contribution < 1.29 is 18.4 Å². The first-order chi connectivity index (χ1) is 29.5. The number of hydrogen-bond donors (Lipinski definition) is 1. The zero-order valence-electron chi connectivity index (χ0n) is 33.0. The lowest BCUT2D eigenvalue weighted by atomic mass is 9.96. The highest BCUT2D eigenvalue weighted by Gasteiger charge is 2.30. The van der Waals surface area contributed by atoms with Gasteiger partial charge in [0.15, 0.2) is 0 Å². The average molecular weight is 923 g/mol. The molecule has 2 aliphatic rings. The number of hydrogen-bond acceptors (Lipinski definition) is 5. The molecule has 2 aliphatic heterocycles. The number of nitrogens with one attached hydrogen (secondary N) is 1. The number of carbonyl (C=O) groups excluding carboxylic acids is 2. The number of amides is 1. The van der Waals surface area contributed by atoms with E-state index in [9.17, 15) is 18.4 Å². The van der Waals surface area contributed by atoms with E-state index in [0.29, 0.717) is 36.2 Å². The van der Waals surface area contributed by atoms with Crippen molar-refractivity contribution in [2.45, 2.75) is 12.1 Å².